The number of hydrazine groups is 1. The number of aliphatic imine (C=N–C) groups is 1. The van der Waals surface area contributed by atoms with Crippen LogP contribution in [-0.4, -0.2) is 23.3 Å². The third-order valence-corrected chi connectivity index (χ3v) is 4.83. The first-order valence-electron chi connectivity index (χ1n) is 7.54. The highest BCUT2D eigenvalue weighted by Gasteiger charge is 2.23. The standard InChI is InChI=1S/C18H17N3S/c1-2-7-14(8-3-1)13-17-15-9-4-5-10-16(15)20-18(22-17)21-12-6-11-19-21/h1-5,7-10,13,19H,6,11-12H2/b17-13+. The summed E-state index contributed by atoms with van der Waals surface area (Å²) in [5.41, 5.74) is 6.87. The van der Waals surface area contributed by atoms with Gasteiger partial charge in [-0.1, -0.05) is 48.5 Å². The van der Waals surface area contributed by atoms with E-state index in [1.165, 1.54) is 22.5 Å². The van der Waals surface area contributed by atoms with Crippen LogP contribution in [0, 0.1) is 0 Å². The number of benzene rings is 2. The molecule has 0 radical (unpaired) electrons. The predicted octanol–water partition coefficient (Wildman–Crippen LogP) is 4.13. The molecule has 0 bridgehead atoms. The van der Waals surface area contributed by atoms with Crippen molar-refractivity contribution in [3.8, 4) is 0 Å². The smallest absolute Gasteiger partial charge is 0.183 e. The lowest BCUT2D eigenvalue weighted by atomic mass is 10.1. The van der Waals surface area contributed by atoms with Gasteiger partial charge in [-0.15, -0.1) is 0 Å². The third-order valence-electron chi connectivity index (χ3n) is 3.78. The van der Waals surface area contributed by atoms with Crippen molar-refractivity contribution in [3.63, 3.8) is 0 Å². The Bertz CT molecular complexity index is 731. The molecule has 2 aliphatic rings. The minimum absolute atomic E-state index is 1.02. The Hall–Kier alpha value is -2.04. The number of hydrogen-bond donors (Lipinski definition) is 1. The molecule has 0 amide bonds. The van der Waals surface area contributed by atoms with Gasteiger partial charge in [-0.3, -0.25) is 5.01 Å². The Morgan fingerprint density at radius 3 is 2.68 bits per heavy atom. The normalized spacial score (nSPS) is 19.2. The summed E-state index contributed by atoms with van der Waals surface area (Å²) in [5.74, 6) is 0. The molecule has 0 spiro atoms. The molecule has 22 heavy (non-hydrogen) atoms. The van der Waals surface area contributed by atoms with Crippen LogP contribution < -0.4 is 5.43 Å². The van der Waals surface area contributed by atoms with E-state index in [1.807, 2.05) is 12.1 Å². The third kappa shape index (κ3) is 2.67. The molecule has 2 aromatic carbocycles. The number of amidine groups is 1. The Morgan fingerprint density at radius 1 is 1.05 bits per heavy atom. The quantitative estimate of drug-likeness (QED) is 0.858. The topological polar surface area (TPSA) is 27.6 Å². The van der Waals surface area contributed by atoms with Crippen molar-refractivity contribution in [2.24, 2.45) is 4.99 Å². The fraction of sp³-hybridized carbons (Fsp3) is 0.167. The average molecular weight is 307 g/mol. The van der Waals surface area contributed by atoms with Crippen molar-refractivity contribution < 1.29 is 0 Å². The van der Waals surface area contributed by atoms with Gasteiger partial charge in [-0.25, -0.2) is 10.4 Å². The zero-order valence-electron chi connectivity index (χ0n) is 12.2. The highest BCUT2D eigenvalue weighted by atomic mass is 32.2. The molecular weight excluding hydrogens is 290 g/mol. The number of nitrogens with zero attached hydrogens (tertiary/aromatic N) is 2. The Morgan fingerprint density at radius 2 is 1.86 bits per heavy atom. The molecule has 0 aliphatic carbocycles. The molecule has 4 rings (SSSR count). The van der Waals surface area contributed by atoms with Gasteiger partial charge in [0.25, 0.3) is 0 Å². The minimum Gasteiger partial charge on any atom is -0.286 e. The monoisotopic (exact) mass is 307 g/mol. The highest BCUT2D eigenvalue weighted by Crippen LogP contribution is 2.42. The van der Waals surface area contributed by atoms with E-state index in [0.29, 0.717) is 0 Å². The van der Waals surface area contributed by atoms with Gasteiger partial charge in [0.05, 0.1) is 5.69 Å². The van der Waals surface area contributed by atoms with E-state index in [2.05, 4.69) is 59.0 Å². The van der Waals surface area contributed by atoms with E-state index in [-0.39, 0.29) is 0 Å². The molecule has 1 N–H and O–H groups in total. The number of thioether (sulfide) groups is 1. The zero-order chi connectivity index (χ0) is 14.8. The summed E-state index contributed by atoms with van der Waals surface area (Å²) in [6.45, 7) is 2.05. The van der Waals surface area contributed by atoms with E-state index < -0.39 is 0 Å². The van der Waals surface area contributed by atoms with Gasteiger partial charge in [0.15, 0.2) is 5.17 Å². The first-order valence-corrected chi connectivity index (χ1v) is 8.35. The molecule has 1 saturated heterocycles. The fourth-order valence-corrected chi connectivity index (χ4v) is 3.76. The summed E-state index contributed by atoms with van der Waals surface area (Å²) in [7, 11) is 0. The van der Waals surface area contributed by atoms with Crippen LogP contribution in [0.25, 0.3) is 11.0 Å². The van der Waals surface area contributed by atoms with Crippen LogP contribution in [0.2, 0.25) is 0 Å². The van der Waals surface area contributed by atoms with Crippen LogP contribution in [0.4, 0.5) is 5.69 Å². The molecule has 2 heterocycles. The Labute approximate surface area is 134 Å². The first kappa shape index (κ1) is 13.6. The second-order valence-electron chi connectivity index (χ2n) is 5.35. The van der Waals surface area contributed by atoms with Gasteiger partial charge in [0.1, 0.15) is 0 Å². The second-order valence-corrected chi connectivity index (χ2v) is 6.36. The second kappa shape index (κ2) is 5.99. The summed E-state index contributed by atoms with van der Waals surface area (Å²) >= 11 is 1.74. The number of nitrogens with one attached hydrogen (secondary N) is 1. The average Bonchev–Trinajstić information content (AvgIpc) is 3.10. The molecule has 0 atom stereocenters. The zero-order valence-corrected chi connectivity index (χ0v) is 13.0. The maximum Gasteiger partial charge on any atom is 0.183 e. The van der Waals surface area contributed by atoms with Crippen LogP contribution in [0.1, 0.15) is 17.5 Å². The van der Waals surface area contributed by atoms with E-state index in [9.17, 15) is 0 Å². The van der Waals surface area contributed by atoms with Gasteiger partial charge < -0.3 is 0 Å². The van der Waals surface area contributed by atoms with E-state index in [4.69, 9.17) is 4.99 Å². The van der Waals surface area contributed by atoms with Crippen LogP contribution in [0.3, 0.4) is 0 Å². The van der Waals surface area contributed by atoms with Crippen LogP contribution in [-0.2, 0) is 0 Å². The lowest BCUT2D eigenvalue weighted by Gasteiger charge is -2.24. The Balaban J connectivity index is 1.76. The lowest BCUT2D eigenvalue weighted by molar-refractivity contribution is 0.412. The van der Waals surface area contributed by atoms with E-state index >= 15 is 0 Å². The molecule has 4 heteroatoms. The van der Waals surface area contributed by atoms with E-state index in [1.54, 1.807) is 11.8 Å². The molecule has 0 saturated carbocycles. The lowest BCUT2D eigenvalue weighted by Crippen LogP contribution is -2.35. The summed E-state index contributed by atoms with van der Waals surface area (Å²) < 4.78 is 0. The van der Waals surface area contributed by atoms with Crippen molar-refractivity contribution in [1.29, 1.82) is 0 Å². The predicted molar refractivity (Wildman–Crippen MR) is 94.8 cm³/mol. The van der Waals surface area contributed by atoms with Gasteiger partial charge in [0.2, 0.25) is 0 Å². The molecule has 2 aliphatic heterocycles. The molecular formula is C18H17N3S. The SMILES string of the molecule is C(=C1\SC(N2CCCN2)=Nc2ccccc21)/c1ccccc1. The maximum atomic E-state index is 4.82. The molecule has 1 fully saturated rings. The van der Waals surface area contributed by atoms with Crippen molar-refractivity contribution in [2.75, 3.05) is 13.1 Å². The summed E-state index contributed by atoms with van der Waals surface area (Å²) in [6.07, 6.45) is 3.41. The number of hydrogen-bond acceptors (Lipinski definition) is 4. The van der Waals surface area contributed by atoms with Crippen LogP contribution >= 0.6 is 11.8 Å². The van der Waals surface area contributed by atoms with Gasteiger partial charge in [-0.2, -0.15) is 0 Å². The van der Waals surface area contributed by atoms with Crippen molar-refractivity contribution in [1.82, 2.24) is 10.4 Å². The number of rotatable bonds is 1. The largest absolute Gasteiger partial charge is 0.286 e. The molecule has 0 aromatic heterocycles. The number of para-hydroxylation sites is 1. The van der Waals surface area contributed by atoms with Crippen molar-refractivity contribution in [3.05, 3.63) is 65.7 Å². The van der Waals surface area contributed by atoms with Gasteiger partial charge in [-0.05, 0) is 35.9 Å². The first-order chi connectivity index (χ1) is 10.9. The summed E-state index contributed by atoms with van der Waals surface area (Å²) in [6, 6.07) is 18.8. The van der Waals surface area contributed by atoms with Crippen molar-refractivity contribution in [2.45, 2.75) is 6.42 Å². The van der Waals surface area contributed by atoms with Crippen LogP contribution in [0.5, 0.6) is 0 Å². The summed E-state index contributed by atoms with van der Waals surface area (Å²) in [4.78, 5) is 6.07. The van der Waals surface area contributed by atoms with Crippen molar-refractivity contribution >= 4 is 33.6 Å². The van der Waals surface area contributed by atoms with Crippen LogP contribution in [0.15, 0.2) is 59.6 Å². The summed E-state index contributed by atoms with van der Waals surface area (Å²) in [5, 5.41) is 3.21. The van der Waals surface area contributed by atoms with Gasteiger partial charge >= 0.3 is 0 Å². The Kier molecular flexibility index (Phi) is 3.70. The minimum atomic E-state index is 1.02. The maximum absolute atomic E-state index is 4.82. The molecule has 110 valence electrons. The molecule has 3 nitrogen and oxygen atoms in total. The van der Waals surface area contributed by atoms with Gasteiger partial charge in [0, 0.05) is 23.6 Å². The fourth-order valence-electron chi connectivity index (χ4n) is 2.68. The molecule has 2 aromatic rings. The number of fused-ring (bicyclic) bond motifs is 1. The molecule has 0 unspecified atom stereocenters. The van der Waals surface area contributed by atoms with E-state index in [0.717, 1.165) is 23.9 Å². The highest BCUT2D eigenvalue weighted by molar-refractivity contribution is 8.21.